The Morgan fingerprint density at radius 2 is 1.89 bits per heavy atom. The highest BCUT2D eigenvalue weighted by molar-refractivity contribution is 5.60. The van der Waals surface area contributed by atoms with Crippen molar-refractivity contribution in [2.45, 2.75) is 26.1 Å². The Morgan fingerprint density at radius 3 is 2.37 bits per heavy atom. The van der Waals surface area contributed by atoms with Gasteiger partial charge in [-0.25, -0.2) is 4.79 Å². The highest BCUT2D eigenvalue weighted by Gasteiger charge is 2.28. The number of anilines is 2. The number of hydrogen-bond acceptors (Lipinski definition) is 4. The quantitative estimate of drug-likeness (QED) is 0.842. The second-order valence-corrected chi connectivity index (χ2v) is 4.03. The van der Waals surface area contributed by atoms with Gasteiger partial charge in [-0.15, -0.1) is 0 Å². The largest absolute Gasteiger partial charge is 0.405 e. The molecule has 1 heterocycles. The van der Waals surface area contributed by atoms with Crippen LogP contribution in [0.4, 0.5) is 24.7 Å². The van der Waals surface area contributed by atoms with E-state index in [4.69, 9.17) is 5.73 Å². The molecular formula is C10H15F3N4O2. The number of nitrogen functional groups attached to an aromatic ring is 1. The van der Waals surface area contributed by atoms with Crippen LogP contribution in [0.15, 0.2) is 9.59 Å². The molecular weight excluding hydrogens is 265 g/mol. The molecule has 108 valence electrons. The lowest BCUT2D eigenvalue weighted by molar-refractivity contribution is -0.115. The third-order valence-corrected chi connectivity index (χ3v) is 2.50. The van der Waals surface area contributed by atoms with E-state index in [-0.39, 0.29) is 12.4 Å². The summed E-state index contributed by atoms with van der Waals surface area (Å²) in [7, 11) is 1.19. The van der Waals surface area contributed by atoms with E-state index in [2.05, 4.69) is 0 Å². The molecule has 0 fully saturated rings. The van der Waals surface area contributed by atoms with Crippen LogP contribution in [0, 0.1) is 0 Å². The van der Waals surface area contributed by atoms with Crippen molar-refractivity contribution in [3.63, 3.8) is 0 Å². The first-order chi connectivity index (χ1) is 8.69. The number of nitrogens with zero attached hydrogens (tertiary/aromatic N) is 2. The monoisotopic (exact) mass is 280 g/mol. The third-order valence-electron chi connectivity index (χ3n) is 2.50. The summed E-state index contributed by atoms with van der Waals surface area (Å²) < 4.78 is 38.3. The van der Waals surface area contributed by atoms with Crippen molar-refractivity contribution >= 4 is 11.5 Å². The van der Waals surface area contributed by atoms with E-state index in [0.29, 0.717) is 6.42 Å². The van der Waals surface area contributed by atoms with Gasteiger partial charge in [-0.1, -0.05) is 6.92 Å². The third kappa shape index (κ3) is 3.30. The molecule has 0 aliphatic heterocycles. The molecule has 9 heteroatoms. The smallest absolute Gasteiger partial charge is 0.383 e. The summed E-state index contributed by atoms with van der Waals surface area (Å²) in [5, 5.41) is 1.94. The predicted molar refractivity (Wildman–Crippen MR) is 65.2 cm³/mol. The standard InChI is InChI=1S/C10H15F3N4O2/c1-3-4-17-7(14)6(15-5-10(11,12)13)8(18)16(2)9(17)19/h15H,3-5,14H2,1-2H3. The number of nitrogens with two attached hydrogens (primary N) is 1. The van der Waals surface area contributed by atoms with E-state index in [1.165, 1.54) is 7.05 Å². The summed E-state index contributed by atoms with van der Waals surface area (Å²) in [4.78, 5) is 23.5. The Kier molecular flexibility index (Phi) is 4.28. The zero-order valence-electron chi connectivity index (χ0n) is 10.5. The lowest BCUT2D eigenvalue weighted by atomic mass is 10.4. The molecule has 0 unspecified atom stereocenters. The molecule has 0 aliphatic carbocycles. The molecule has 19 heavy (non-hydrogen) atoms. The Balaban J connectivity index is 3.32. The minimum atomic E-state index is -4.48. The Labute approximate surface area is 106 Å². The van der Waals surface area contributed by atoms with Gasteiger partial charge in [0.05, 0.1) is 0 Å². The van der Waals surface area contributed by atoms with E-state index in [0.717, 1.165) is 9.13 Å². The van der Waals surface area contributed by atoms with Crippen LogP contribution in [-0.4, -0.2) is 21.9 Å². The summed E-state index contributed by atoms with van der Waals surface area (Å²) in [5.74, 6) is -0.279. The molecule has 0 spiro atoms. The molecule has 6 nitrogen and oxygen atoms in total. The van der Waals surface area contributed by atoms with Gasteiger partial charge in [0.15, 0.2) is 0 Å². The Morgan fingerprint density at radius 1 is 1.32 bits per heavy atom. The maximum absolute atomic E-state index is 12.2. The number of halogens is 3. The van der Waals surface area contributed by atoms with Gasteiger partial charge in [0.2, 0.25) is 0 Å². The van der Waals surface area contributed by atoms with Crippen LogP contribution < -0.4 is 22.3 Å². The van der Waals surface area contributed by atoms with Gasteiger partial charge < -0.3 is 11.1 Å². The van der Waals surface area contributed by atoms with Crippen LogP contribution in [-0.2, 0) is 13.6 Å². The van der Waals surface area contributed by atoms with Crippen molar-refractivity contribution in [2.24, 2.45) is 7.05 Å². The molecule has 0 aromatic carbocycles. The van der Waals surface area contributed by atoms with E-state index in [1.54, 1.807) is 6.92 Å². The SMILES string of the molecule is CCCn1c(N)c(NCC(F)(F)F)c(=O)n(C)c1=O. The van der Waals surface area contributed by atoms with Crippen LogP contribution in [0.25, 0.3) is 0 Å². The lowest BCUT2D eigenvalue weighted by Crippen LogP contribution is -2.41. The highest BCUT2D eigenvalue weighted by atomic mass is 19.4. The first-order valence-electron chi connectivity index (χ1n) is 5.59. The second-order valence-electron chi connectivity index (χ2n) is 4.03. The molecule has 0 aliphatic rings. The first kappa shape index (κ1) is 15.1. The first-order valence-corrected chi connectivity index (χ1v) is 5.59. The maximum Gasteiger partial charge on any atom is 0.405 e. The van der Waals surface area contributed by atoms with Gasteiger partial charge in [-0.2, -0.15) is 13.2 Å². The van der Waals surface area contributed by atoms with E-state index >= 15 is 0 Å². The van der Waals surface area contributed by atoms with E-state index in [1.807, 2.05) is 5.32 Å². The normalized spacial score (nSPS) is 11.6. The van der Waals surface area contributed by atoms with Crippen molar-refractivity contribution < 1.29 is 13.2 Å². The summed E-state index contributed by atoms with van der Waals surface area (Å²) in [5.41, 5.74) is 3.65. The molecule has 0 bridgehead atoms. The fourth-order valence-electron chi connectivity index (χ4n) is 1.58. The van der Waals surface area contributed by atoms with Crippen molar-refractivity contribution in [2.75, 3.05) is 17.6 Å². The summed E-state index contributed by atoms with van der Waals surface area (Å²) in [6.45, 7) is 0.607. The van der Waals surface area contributed by atoms with Gasteiger partial charge in [0.25, 0.3) is 5.56 Å². The molecule has 1 aromatic rings. The number of aromatic nitrogens is 2. The maximum atomic E-state index is 12.2. The molecule has 1 rings (SSSR count). The molecule has 0 amide bonds. The van der Waals surface area contributed by atoms with E-state index in [9.17, 15) is 22.8 Å². The molecule has 0 saturated carbocycles. The number of alkyl halides is 3. The van der Waals surface area contributed by atoms with Crippen LogP contribution in [0.5, 0.6) is 0 Å². The minimum absolute atomic E-state index is 0.222. The van der Waals surface area contributed by atoms with Crippen molar-refractivity contribution in [1.29, 1.82) is 0 Å². The number of hydrogen-bond donors (Lipinski definition) is 2. The van der Waals surface area contributed by atoms with E-state index < -0.39 is 29.7 Å². The van der Waals surface area contributed by atoms with Crippen LogP contribution in [0.3, 0.4) is 0 Å². The van der Waals surface area contributed by atoms with Gasteiger partial charge in [-0.3, -0.25) is 13.9 Å². The van der Waals surface area contributed by atoms with Gasteiger partial charge in [0.1, 0.15) is 18.1 Å². The van der Waals surface area contributed by atoms with Gasteiger partial charge in [0, 0.05) is 13.6 Å². The van der Waals surface area contributed by atoms with Crippen molar-refractivity contribution in [3.8, 4) is 0 Å². The fourth-order valence-corrected chi connectivity index (χ4v) is 1.58. The predicted octanol–water partition coefficient (Wildman–Crippen LogP) is 0.513. The summed E-state index contributed by atoms with van der Waals surface area (Å²) >= 11 is 0. The molecule has 0 saturated heterocycles. The fraction of sp³-hybridized carbons (Fsp3) is 0.600. The van der Waals surface area contributed by atoms with Crippen LogP contribution in [0.1, 0.15) is 13.3 Å². The zero-order valence-corrected chi connectivity index (χ0v) is 10.5. The van der Waals surface area contributed by atoms with Crippen LogP contribution in [0.2, 0.25) is 0 Å². The zero-order chi connectivity index (χ0) is 14.8. The number of nitrogens with one attached hydrogen (secondary N) is 1. The topological polar surface area (TPSA) is 82.0 Å². The van der Waals surface area contributed by atoms with Crippen molar-refractivity contribution in [1.82, 2.24) is 9.13 Å². The van der Waals surface area contributed by atoms with Gasteiger partial charge >= 0.3 is 11.9 Å². The minimum Gasteiger partial charge on any atom is -0.383 e. The second kappa shape index (κ2) is 5.37. The highest BCUT2D eigenvalue weighted by Crippen LogP contribution is 2.17. The molecule has 0 radical (unpaired) electrons. The summed E-state index contributed by atoms with van der Waals surface area (Å²) in [6.07, 6.45) is -3.93. The lowest BCUT2D eigenvalue weighted by Gasteiger charge is -2.16. The molecule has 3 N–H and O–H groups in total. The summed E-state index contributed by atoms with van der Waals surface area (Å²) in [6, 6.07) is 0. The van der Waals surface area contributed by atoms with Crippen LogP contribution >= 0.6 is 0 Å². The average Bonchev–Trinajstić information content (AvgIpc) is 2.30. The van der Waals surface area contributed by atoms with Gasteiger partial charge in [-0.05, 0) is 6.42 Å². The Hall–Kier alpha value is -1.93. The molecule has 0 atom stereocenters. The Bertz CT molecular complexity index is 574. The molecule has 1 aromatic heterocycles. The average molecular weight is 280 g/mol. The number of rotatable bonds is 4. The van der Waals surface area contributed by atoms with Crippen molar-refractivity contribution in [3.05, 3.63) is 20.8 Å².